The highest BCUT2D eigenvalue weighted by Gasteiger charge is 2.36. The molecule has 4 aromatic rings. The van der Waals surface area contributed by atoms with E-state index in [0.717, 1.165) is 64.9 Å². The van der Waals surface area contributed by atoms with Gasteiger partial charge in [0.25, 0.3) is 0 Å². The van der Waals surface area contributed by atoms with Gasteiger partial charge in [-0.3, -0.25) is 4.99 Å². The first kappa shape index (κ1) is 21.9. The predicted octanol–water partition coefficient (Wildman–Crippen LogP) is 5.01. The van der Waals surface area contributed by atoms with E-state index in [-0.39, 0.29) is 12.5 Å². The van der Waals surface area contributed by atoms with Crippen molar-refractivity contribution >= 4 is 28.6 Å². The zero-order valence-electron chi connectivity index (χ0n) is 19.8. The molecular formula is C28H29N5O2. The van der Waals surface area contributed by atoms with Crippen LogP contribution >= 0.6 is 0 Å². The summed E-state index contributed by atoms with van der Waals surface area (Å²) in [6.45, 7) is 0.0569. The van der Waals surface area contributed by atoms with Crippen molar-refractivity contribution in [2.75, 3.05) is 13.7 Å². The lowest BCUT2D eigenvalue weighted by Crippen LogP contribution is -2.39. The summed E-state index contributed by atoms with van der Waals surface area (Å²) < 4.78 is 7.58. The maximum Gasteiger partial charge on any atom is 0.161 e. The summed E-state index contributed by atoms with van der Waals surface area (Å²) in [4.78, 5) is 13.4. The van der Waals surface area contributed by atoms with Crippen molar-refractivity contribution in [1.29, 1.82) is 0 Å². The van der Waals surface area contributed by atoms with Gasteiger partial charge in [0.1, 0.15) is 5.65 Å². The Kier molecular flexibility index (Phi) is 5.59. The van der Waals surface area contributed by atoms with E-state index in [4.69, 9.17) is 19.8 Å². The lowest BCUT2D eigenvalue weighted by atomic mass is 9.77. The van der Waals surface area contributed by atoms with E-state index in [1.807, 2.05) is 47.4 Å². The van der Waals surface area contributed by atoms with Gasteiger partial charge in [0.2, 0.25) is 0 Å². The number of hydrogen-bond acceptors (Lipinski definition) is 5. The van der Waals surface area contributed by atoms with Crippen molar-refractivity contribution in [3.05, 3.63) is 83.8 Å². The molecule has 7 nitrogen and oxygen atoms in total. The Morgan fingerprint density at radius 1 is 1.17 bits per heavy atom. The second-order valence-corrected chi connectivity index (χ2v) is 9.50. The Morgan fingerprint density at radius 2 is 2.00 bits per heavy atom. The molecule has 4 heterocycles. The molecule has 1 atom stereocenters. The first-order valence-corrected chi connectivity index (χ1v) is 12.2. The van der Waals surface area contributed by atoms with Crippen molar-refractivity contribution in [2.45, 2.75) is 43.1 Å². The molecule has 1 saturated carbocycles. The minimum atomic E-state index is -0.426. The Balaban J connectivity index is 1.37. The van der Waals surface area contributed by atoms with Crippen LogP contribution in [0.4, 0.5) is 0 Å². The van der Waals surface area contributed by atoms with E-state index < -0.39 is 5.60 Å². The molecule has 0 amide bonds. The first-order valence-electron chi connectivity index (χ1n) is 12.2. The predicted molar refractivity (Wildman–Crippen MR) is 138 cm³/mol. The lowest BCUT2D eigenvalue weighted by Gasteiger charge is -2.37. The second kappa shape index (κ2) is 8.91. The number of rotatable bonds is 5. The molecule has 0 radical (unpaired) electrons. The number of aliphatic imine (C=N–C) groups is 1. The van der Waals surface area contributed by atoms with Crippen LogP contribution in [0.5, 0.6) is 0 Å². The quantitative estimate of drug-likeness (QED) is 0.432. The van der Waals surface area contributed by atoms with Crippen LogP contribution in [0.1, 0.15) is 54.3 Å². The molecule has 0 bridgehead atoms. The van der Waals surface area contributed by atoms with Gasteiger partial charge in [0.05, 0.1) is 29.8 Å². The first-order chi connectivity index (χ1) is 17.2. The number of aliphatic hydroxyl groups excluding tert-OH is 1. The third kappa shape index (κ3) is 3.81. The van der Waals surface area contributed by atoms with Gasteiger partial charge in [-0.25, -0.2) is 4.98 Å². The van der Waals surface area contributed by atoms with E-state index in [1.165, 1.54) is 0 Å². The number of allylic oxidation sites excluding steroid dienone is 3. The Morgan fingerprint density at radius 3 is 2.77 bits per heavy atom. The smallest absolute Gasteiger partial charge is 0.161 e. The number of aromatic amines is 1. The molecule has 178 valence electrons. The number of ether oxygens (including phenoxy) is 1. The normalized spacial score (nSPS) is 24.7. The highest BCUT2D eigenvalue weighted by Crippen LogP contribution is 2.41. The molecule has 1 aliphatic carbocycles. The van der Waals surface area contributed by atoms with Crippen LogP contribution in [0.2, 0.25) is 0 Å². The summed E-state index contributed by atoms with van der Waals surface area (Å²) in [5.74, 6) is 0.278. The number of methoxy groups -OCH3 is 1. The fraction of sp³-hybridized carbons (Fsp3) is 0.321. The topological polar surface area (TPSA) is 87.8 Å². The van der Waals surface area contributed by atoms with Gasteiger partial charge < -0.3 is 14.8 Å². The molecular weight excluding hydrogens is 438 g/mol. The molecule has 0 spiro atoms. The molecule has 35 heavy (non-hydrogen) atoms. The fourth-order valence-corrected chi connectivity index (χ4v) is 5.42. The summed E-state index contributed by atoms with van der Waals surface area (Å²) in [5, 5.41) is 15.7. The van der Waals surface area contributed by atoms with Gasteiger partial charge in [-0.15, -0.1) is 0 Å². The number of aromatic nitrogens is 4. The number of nitrogens with zero attached hydrogens (tertiary/aromatic N) is 4. The van der Waals surface area contributed by atoms with Gasteiger partial charge in [-0.05, 0) is 37.8 Å². The SMILES string of the molecule is COC1(CO)CCC(c2nc3c(C4C=CC=C(c5ccccc5)N=C4)cnn3c3[nH]ccc23)CC1. The maximum absolute atomic E-state index is 9.87. The van der Waals surface area contributed by atoms with E-state index in [2.05, 4.69) is 35.3 Å². The van der Waals surface area contributed by atoms with Crippen LogP contribution in [-0.2, 0) is 4.74 Å². The fourth-order valence-electron chi connectivity index (χ4n) is 5.42. The average molecular weight is 468 g/mol. The third-order valence-corrected chi connectivity index (χ3v) is 7.59. The van der Waals surface area contributed by atoms with E-state index in [9.17, 15) is 5.11 Å². The summed E-state index contributed by atoms with van der Waals surface area (Å²) in [5.41, 5.74) is 5.54. The molecule has 1 fully saturated rings. The van der Waals surface area contributed by atoms with Crippen LogP contribution in [0.15, 0.2) is 72.0 Å². The maximum atomic E-state index is 9.87. The van der Waals surface area contributed by atoms with Crippen molar-refractivity contribution in [1.82, 2.24) is 19.6 Å². The standard InChI is InChI=1S/C28H29N5O2/c1-35-28(18-34)13-10-20(11-14-28)25-22-12-15-29-26(22)33-27(32-25)23(17-31-33)21-8-5-9-24(30-16-21)19-6-3-2-4-7-19/h2-9,12,15-17,20-21,29,34H,10-11,13-14,18H2,1H3. The molecule has 1 unspecified atom stereocenters. The summed E-state index contributed by atoms with van der Waals surface area (Å²) in [6.07, 6.45) is 15.6. The molecule has 3 aromatic heterocycles. The zero-order chi connectivity index (χ0) is 23.8. The number of fused-ring (bicyclic) bond motifs is 3. The Hall–Kier alpha value is -3.55. The van der Waals surface area contributed by atoms with Gasteiger partial charge >= 0.3 is 0 Å². The van der Waals surface area contributed by atoms with Crippen molar-refractivity contribution in [3.8, 4) is 0 Å². The molecule has 0 saturated heterocycles. The molecule has 2 N–H and O–H groups in total. The van der Waals surface area contributed by atoms with Crippen LogP contribution in [0.3, 0.4) is 0 Å². The second-order valence-electron chi connectivity index (χ2n) is 9.50. The van der Waals surface area contributed by atoms with Crippen LogP contribution < -0.4 is 0 Å². The zero-order valence-corrected chi connectivity index (χ0v) is 19.8. The van der Waals surface area contributed by atoms with Gasteiger partial charge in [-0.1, -0.05) is 42.5 Å². The number of benzene rings is 1. The largest absolute Gasteiger partial charge is 0.393 e. The van der Waals surface area contributed by atoms with Crippen LogP contribution in [-0.4, -0.2) is 50.2 Å². The van der Waals surface area contributed by atoms with E-state index in [0.29, 0.717) is 5.92 Å². The summed E-state index contributed by atoms with van der Waals surface area (Å²) in [7, 11) is 1.70. The van der Waals surface area contributed by atoms with Crippen molar-refractivity contribution in [2.24, 2.45) is 4.99 Å². The highest BCUT2D eigenvalue weighted by atomic mass is 16.5. The minimum Gasteiger partial charge on any atom is -0.393 e. The molecule has 1 aliphatic heterocycles. The average Bonchev–Trinajstić information content (AvgIpc) is 3.50. The van der Waals surface area contributed by atoms with E-state index >= 15 is 0 Å². The minimum absolute atomic E-state index is 0.0281. The summed E-state index contributed by atoms with van der Waals surface area (Å²) >= 11 is 0. The molecule has 7 heteroatoms. The number of hydrogen-bond donors (Lipinski definition) is 2. The van der Waals surface area contributed by atoms with E-state index in [1.54, 1.807) is 7.11 Å². The number of nitrogens with one attached hydrogen (secondary N) is 1. The van der Waals surface area contributed by atoms with Crippen molar-refractivity contribution in [3.63, 3.8) is 0 Å². The summed E-state index contributed by atoms with van der Waals surface area (Å²) in [6, 6.07) is 12.3. The monoisotopic (exact) mass is 467 g/mol. The number of H-pyrrole nitrogens is 1. The highest BCUT2D eigenvalue weighted by molar-refractivity contribution is 5.86. The van der Waals surface area contributed by atoms with Crippen LogP contribution in [0.25, 0.3) is 22.4 Å². The Bertz CT molecular complexity index is 1430. The third-order valence-electron chi connectivity index (χ3n) is 7.59. The van der Waals surface area contributed by atoms with Gasteiger partial charge in [-0.2, -0.15) is 9.61 Å². The van der Waals surface area contributed by atoms with Crippen molar-refractivity contribution < 1.29 is 9.84 Å². The van der Waals surface area contributed by atoms with Gasteiger partial charge in [0.15, 0.2) is 5.65 Å². The molecule has 1 aromatic carbocycles. The van der Waals surface area contributed by atoms with Gasteiger partial charge in [0, 0.05) is 47.9 Å². The molecule has 2 aliphatic rings. The molecule has 6 rings (SSSR count). The Labute approximate surface area is 203 Å². The number of aliphatic hydroxyl groups is 1. The lowest BCUT2D eigenvalue weighted by molar-refractivity contribution is -0.0784. The van der Waals surface area contributed by atoms with Crippen LogP contribution in [0, 0.1) is 0 Å².